The lowest BCUT2D eigenvalue weighted by atomic mass is 9.86. The second-order valence-corrected chi connectivity index (χ2v) is 14.4. The van der Waals surface area contributed by atoms with Crippen molar-refractivity contribution in [1.82, 2.24) is 24.5 Å². The second-order valence-electron chi connectivity index (χ2n) is 14.0. The Kier molecular flexibility index (Phi) is 8.65. The van der Waals surface area contributed by atoms with Crippen LogP contribution >= 0.6 is 11.6 Å². The van der Waals surface area contributed by atoms with Crippen LogP contribution in [-0.4, -0.2) is 41.0 Å². The van der Waals surface area contributed by atoms with E-state index in [0.29, 0.717) is 32.8 Å². The molecule has 16 heteroatoms. The van der Waals surface area contributed by atoms with Crippen molar-refractivity contribution in [3.8, 4) is 23.0 Å². The molecule has 0 radical (unpaired) electrons. The summed E-state index contributed by atoms with van der Waals surface area (Å²) >= 11 is 6.49. The van der Waals surface area contributed by atoms with Crippen LogP contribution in [0, 0.1) is 29.4 Å². The number of aryl methyl sites for hydroxylation is 1. The Hall–Kier alpha value is -4.94. The fourth-order valence-corrected chi connectivity index (χ4v) is 7.55. The minimum Gasteiger partial charge on any atom is -0.382 e. The molecule has 2 aliphatic rings. The van der Waals surface area contributed by atoms with Gasteiger partial charge in [-0.05, 0) is 74.4 Å². The minimum absolute atomic E-state index is 0.109. The number of halogens is 8. The summed E-state index contributed by atoms with van der Waals surface area (Å²) in [4.78, 5) is 18.7. The van der Waals surface area contributed by atoms with Gasteiger partial charge in [0.15, 0.2) is 17.3 Å². The minimum atomic E-state index is -5.03. The summed E-state index contributed by atoms with van der Waals surface area (Å²) in [6.07, 6.45) is -5.90. The normalized spacial score (nSPS) is 18.0. The van der Waals surface area contributed by atoms with E-state index in [1.54, 1.807) is 31.3 Å². The number of Topliss-reactive ketones (excluding diaryl/α,β-unsaturated/α-hetero) is 1. The van der Waals surface area contributed by atoms with Crippen molar-refractivity contribution in [2.24, 2.45) is 13.0 Å². The van der Waals surface area contributed by atoms with Crippen molar-refractivity contribution in [3.63, 3.8) is 0 Å². The van der Waals surface area contributed by atoms with E-state index < -0.39 is 82.8 Å². The predicted molar refractivity (Wildman–Crippen MR) is 181 cm³/mol. The number of nitrogen functional groups attached to an aromatic ring is 1. The molecule has 5 aromatic rings. The maximum Gasteiger partial charge on any atom is 0.435 e. The second kappa shape index (κ2) is 12.6. The summed E-state index contributed by atoms with van der Waals surface area (Å²) in [5, 5.41) is 18.7. The lowest BCUT2D eigenvalue weighted by Gasteiger charge is -2.21. The van der Waals surface area contributed by atoms with Crippen LogP contribution in [0.3, 0.4) is 0 Å². The molecule has 3 atom stereocenters. The van der Waals surface area contributed by atoms with Crippen molar-refractivity contribution in [2.45, 2.75) is 69.2 Å². The number of aromatic nitrogens is 5. The van der Waals surface area contributed by atoms with Crippen molar-refractivity contribution < 1.29 is 40.6 Å². The predicted octanol–water partition coefficient (Wildman–Crippen LogP) is 7.68. The van der Waals surface area contributed by atoms with Gasteiger partial charge in [0.25, 0.3) is 5.92 Å². The molecule has 8 nitrogen and oxygen atoms in total. The highest BCUT2D eigenvalue weighted by Crippen LogP contribution is 2.68. The third kappa shape index (κ3) is 6.74. The molecule has 276 valence electrons. The number of alkyl halides is 5. The largest absolute Gasteiger partial charge is 0.435 e. The molecule has 0 saturated heterocycles. The van der Waals surface area contributed by atoms with Crippen LogP contribution in [0.1, 0.15) is 72.4 Å². The van der Waals surface area contributed by atoms with Gasteiger partial charge in [-0.15, -0.1) is 0 Å². The number of hydrogen-bond acceptors (Lipinski definition) is 6. The molecule has 0 amide bonds. The maximum atomic E-state index is 15.3. The number of benzene rings is 2. The standard InChI is InChI=1S/C37H30ClF7N6O2/c1-35(2,53)9-8-21-4-5-23(24-6-7-27(38)29-31(24)50(3)49-34(29)46)30(47-21)18(10-17-11-19(39)14-20(40)12-17)13-22(52)16-51-33-28(32(48-51)37(43,44)45)25-15-26(25)36(33,41)42/h4-7,11-12,14,18,25-26,53H,10,13,15-16H2,1-3H3,(H2,46,49)/t18-,25+,26-/m1/s1. The van der Waals surface area contributed by atoms with E-state index in [4.69, 9.17) is 22.3 Å². The average Bonchev–Trinajstić information content (AvgIpc) is 3.59. The number of carbonyl (C=O) groups excluding carboxylic acids is 1. The number of aliphatic hydroxyl groups is 1. The van der Waals surface area contributed by atoms with E-state index in [-0.39, 0.29) is 40.6 Å². The van der Waals surface area contributed by atoms with Crippen LogP contribution in [0.25, 0.3) is 22.0 Å². The van der Waals surface area contributed by atoms with Crippen molar-refractivity contribution >= 4 is 34.1 Å². The van der Waals surface area contributed by atoms with E-state index in [9.17, 15) is 31.9 Å². The van der Waals surface area contributed by atoms with Crippen LogP contribution in [0.2, 0.25) is 5.02 Å². The summed E-state index contributed by atoms with van der Waals surface area (Å²) in [6.45, 7) is 1.98. The van der Waals surface area contributed by atoms with Crippen LogP contribution in [0.5, 0.6) is 0 Å². The lowest BCUT2D eigenvalue weighted by Crippen LogP contribution is -2.24. The van der Waals surface area contributed by atoms with Gasteiger partial charge in [-0.3, -0.25) is 14.2 Å². The molecule has 2 aromatic carbocycles. The first-order chi connectivity index (χ1) is 24.7. The van der Waals surface area contributed by atoms with E-state index in [1.807, 2.05) is 0 Å². The van der Waals surface area contributed by atoms with E-state index >= 15 is 8.78 Å². The monoisotopic (exact) mass is 758 g/mol. The van der Waals surface area contributed by atoms with Crippen LogP contribution in [-0.2, 0) is 36.9 Å². The number of nitrogens with zero attached hydrogens (tertiary/aromatic N) is 5. The molecule has 1 saturated carbocycles. The van der Waals surface area contributed by atoms with Crippen LogP contribution in [0.15, 0.2) is 42.5 Å². The summed E-state index contributed by atoms with van der Waals surface area (Å²) in [5.41, 5.74) is 3.56. The van der Waals surface area contributed by atoms with Gasteiger partial charge >= 0.3 is 6.18 Å². The summed E-state index contributed by atoms with van der Waals surface area (Å²) in [6, 6.07) is 9.21. The Morgan fingerprint density at radius 1 is 1.09 bits per heavy atom. The highest BCUT2D eigenvalue weighted by atomic mass is 35.5. The summed E-state index contributed by atoms with van der Waals surface area (Å²) in [5.74, 6) is -4.03. The third-order valence-electron chi connectivity index (χ3n) is 9.47. The number of pyridine rings is 1. The van der Waals surface area contributed by atoms with Gasteiger partial charge in [-0.25, -0.2) is 13.8 Å². The molecule has 53 heavy (non-hydrogen) atoms. The lowest BCUT2D eigenvalue weighted by molar-refractivity contribution is -0.142. The number of rotatable bonds is 8. The molecule has 0 unspecified atom stereocenters. The van der Waals surface area contributed by atoms with Gasteiger partial charge in [0, 0.05) is 48.1 Å². The van der Waals surface area contributed by atoms with E-state index in [1.165, 1.54) is 18.5 Å². The molecule has 3 heterocycles. The highest BCUT2D eigenvalue weighted by Gasteiger charge is 2.68. The number of fused-ring (bicyclic) bond motifs is 4. The first-order valence-electron chi connectivity index (χ1n) is 16.4. The molecule has 7 rings (SSSR count). The van der Waals surface area contributed by atoms with Crippen LogP contribution in [0.4, 0.5) is 36.6 Å². The Morgan fingerprint density at radius 2 is 1.77 bits per heavy atom. The Bertz CT molecular complexity index is 2360. The molecule has 0 spiro atoms. The summed E-state index contributed by atoms with van der Waals surface area (Å²) in [7, 11) is 1.63. The topological polar surface area (TPSA) is 112 Å². The van der Waals surface area contributed by atoms with Gasteiger partial charge < -0.3 is 10.8 Å². The zero-order chi connectivity index (χ0) is 38.4. The Balaban J connectivity index is 1.37. The fourth-order valence-electron chi connectivity index (χ4n) is 7.30. The van der Waals surface area contributed by atoms with Gasteiger partial charge in [0.05, 0.1) is 21.6 Å². The highest BCUT2D eigenvalue weighted by molar-refractivity contribution is 6.37. The van der Waals surface area contributed by atoms with Gasteiger partial charge in [0.1, 0.15) is 35.2 Å². The quantitative estimate of drug-likeness (QED) is 0.124. The third-order valence-corrected chi connectivity index (χ3v) is 9.78. The molecule has 0 aliphatic heterocycles. The van der Waals surface area contributed by atoms with Crippen LogP contribution < -0.4 is 5.73 Å². The number of nitrogens with two attached hydrogens (primary N) is 1. The van der Waals surface area contributed by atoms with Gasteiger partial charge in [0.2, 0.25) is 0 Å². The van der Waals surface area contributed by atoms with Crippen molar-refractivity contribution in [2.75, 3.05) is 5.73 Å². The Morgan fingerprint density at radius 3 is 2.43 bits per heavy atom. The average molecular weight is 759 g/mol. The SMILES string of the molecule is Cn1nc(N)c2c(Cl)ccc(-c3ccc(C#CC(C)(C)O)nc3[C@@H](CC(=O)Cn3nc(C(F)(F)F)c4c3C(F)(F)[C@@H]3C[C@H]43)Cc3cc(F)cc(F)c3)c21. The molecule has 3 N–H and O–H groups in total. The molecular weight excluding hydrogens is 729 g/mol. The number of anilines is 1. The first kappa shape index (κ1) is 36.4. The van der Waals surface area contributed by atoms with Gasteiger partial charge in [-0.1, -0.05) is 23.6 Å². The smallest absolute Gasteiger partial charge is 0.382 e. The zero-order valence-corrected chi connectivity index (χ0v) is 29.1. The van der Waals surface area contributed by atoms with Gasteiger partial charge in [-0.2, -0.15) is 32.1 Å². The van der Waals surface area contributed by atoms with E-state index in [2.05, 4.69) is 22.0 Å². The van der Waals surface area contributed by atoms with E-state index in [0.717, 1.165) is 12.1 Å². The molecular formula is C37H30ClF7N6O2. The van der Waals surface area contributed by atoms with Crippen molar-refractivity contribution in [1.29, 1.82) is 0 Å². The molecule has 1 fully saturated rings. The first-order valence-corrected chi connectivity index (χ1v) is 16.8. The molecule has 0 bridgehead atoms. The maximum absolute atomic E-state index is 15.3. The number of hydrogen-bond donors (Lipinski definition) is 2. The number of ketones is 1. The summed E-state index contributed by atoms with van der Waals surface area (Å²) < 4.78 is 104. The molecule has 3 aromatic heterocycles. The molecule has 2 aliphatic carbocycles. The number of carbonyl (C=O) groups is 1. The fraction of sp³-hybridized carbons (Fsp3) is 0.351. The zero-order valence-electron chi connectivity index (χ0n) is 28.3. The van der Waals surface area contributed by atoms with Crippen molar-refractivity contribution in [3.05, 3.63) is 93.0 Å². The Labute approximate surface area is 302 Å².